The minimum Gasteiger partial charge on any atom is -0.340 e. The Morgan fingerprint density at radius 3 is 2.46 bits per heavy atom. The van der Waals surface area contributed by atoms with Gasteiger partial charge in [-0.25, -0.2) is 0 Å². The molecule has 0 unspecified atom stereocenters. The van der Waals surface area contributed by atoms with E-state index in [-0.39, 0.29) is 5.91 Å². The molecule has 1 fully saturated rings. The lowest BCUT2D eigenvalue weighted by molar-refractivity contribution is -0.131. The van der Waals surface area contributed by atoms with E-state index in [9.17, 15) is 4.79 Å². The van der Waals surface area contributed by atoms with Crippen LogP contribution < -0.4 is 5.32 Å². The number of benzene rings is 2. The van der Waals surface area contributed by atoms with Gasteiger partial charge in [-0.1, -0.05) is 54.6 Å². The fourth-order valence-corrected chi connectivity index (χ4v) is 3.45. The Labute approximate surface area is 156 Å². The highest BCUT2D eigenvalue weighted by atomic mass is 16.2. The van der Waals surface area contributed by atoms with Gasteiger partial charge in [0.2, 0.25) is 5.91 Å². The predicted octanol–water partition coefficient (Wildman–Crippen LogP) is 3.84. The molecule has 0 atom stereocenters. The molecule has 136 valence electrons. The zero-order valence-corrected chi connectivity index (χ0v) is 15.8. The smallest absolute Gasteiger partial charge is 0.222 e. The molecular weight excluding hydrogens is 320 g/mol. The maximum atomic E-state index is 12.3. The fourth-order valence-electron chi connectivity index (χ4n) is 3.45. The molecule has 3 rings (SSSR count). The standard InChI is InChI=1S/C23H28N2O/c1-18-5-3-6-19(2)22(18)11-9-20-7-4-8-21(17-20)10-12-23(26)25-15-13-24-14-16-25/h3-9,11,17,24H,10,12-16H2,1-2H3/b11-9+. The minimum absolute atomic E-state index is 0.267. The normalized spacial score (nSPS) is 14.8. The van der Waals surface area contributed by atoms with Crippen LogP contribution >= 0.6 is 0 Å². The van der Waals surface area contributed by atoms with Crippen molar-refractivity contribution in [1.82, 2.24) is 10.2 Å². The third kappa shape index (κ3) is 4.83. The number of carbonyl (C=O) groups is 1. The van der Waals surface area contributed by atoms with E-state index in [1.165, 1.54) is 27.8 Å². The van der Waals surface area contributed by atoms with Crippen molar-refractivity contribution in [3.63, 3.8) is 0 Å². The van der Waals surface area contributed by atoms with Gasteiger partial charge < -0.3 is 10.2 Å². The Hall–Kier alpha value is -2.39. The molecule has 0 radical (unpaired) electrons. The average molecular weight is 348 g/mol. The van der Waals surface area contributed by atoms with E-state index in [1.807, 2.05) is 4.90 Å². The molecule has 0 aliphatic carbocycles. The Morgan fingerprint density at radius 1 is 1.04 bits per heavy atom. The fraction of sp³-hybridized carbons (Fsp3) is 0.348. The Morgan fingerprint density at radius 2 is 1.73 bits per heavy atom. The molecule has 3 heteroatoms. The van der Waals surface area contributed by atoms with Crippen LogP contribution in [0.25, 0.3) is 12.2 Å². The van der Waals surface area contributed by atoms with Crippen LogP contribution in [0.2, 0.25) is 0 Å². The van der Waals surface area contributed by atoms with E-state index in [2.05, 4.69) is 73.8 Å². The van der Waals surface area contributed by atoms with Gasteiger partial charge in [-0.05, 0) is 48.1 Å². The Bertz CT molecular complexity index is 768. The molecule has 1 aliphatic rings. The van der Waals surface area contributed by atoms with Crippen molar-refractivity contribution in [3.8, 4) is 0 Å². The van der Waals surface area contributed by atoms with Crippen LogP contribution in [0.1, 0.15) is 34.2 Å². The summed E-state index contributed by atoms with van der Waals surface area (Å²) in [5.41, 5.74) is 6.27. The van der Waals surface area contributed by atoms with E-state index in [4.69, 9.17) is 0 Å². The summed E-state index contributed by atoms with van der Waals surface area (Å²) in [6.07, 6.45) is 5.74. The van der Waals surface area contributed by atoms with Crippen molar-refractivity contribution in [2.45, 2.75) is 26.7 Å². The third-order valence-corrected chi connectivity index (χ3v) is 5.03. The molecule has 1 N–H and O–H groups in total. The number of hydrogen-bond donors (Lipinski definition) is 1. The lowest BCUT2D eigenvalue weighted by Crippen LogP contribution is -2.46. The van der Waals surface area contributed by atoms with Crippen molar-refractivity contribution >= 4 is 18.1 Å². The Kier molecular flexibility index (Phi) is 6.24. The summed E-state index contributed by atoms with van der Waals surface area (Å²) >= 11 is 0. The second-order valence-electron chi connectivity index (χ2n) is 7.01. The Balaban J connectivity index is 1.63. The van der Waals surface area contributed by atoms with Gasteiger partial charge in [0.25, 0.3) is 0 Å². The van der Waals surface area contributed by atoms with E-state index in [1.54, 1.807) is 0 Å². The van der Waals surface area contributed by atoms with Crippen LogP contribution in [-0.4, -0.2) is 37.0 Å². The monoisotopic (exact) mass is 348 g/mol. The molecule has 1 aliphatic heterocycles. The quantitative estimate of drug-likeness (QED) is 0.833. The second-order valence-corrected chi connectivity index (χ2v) is 7.01. The topological polar surface area (TPSA) is 32.3 Å². The van der Waals surface area contributed by atoms with E-state index >= 15 is 0 Å². The molecule has 0 saturated carbocycles. The second kappa shape index (κ2) is 8.81. The number of hydrogen-bond acceptors (Lipinski definition) is 2. The molecule has 2 aromatic carbocycles. The van der Waals surface area contributed by atoms with Gasteiger partial charge in [-0.15, -0.1) is 0 Å². The summed E-state index contributed by atoms with van der Waals surface area (Å²) in [5, 5.41) is 3.28. The molecule has 0 spiro atoms. The number of aryl methyl sites for hydroxylation is 3. The highest BCUT2D eigenvalue weighted by molar-refractivity contribution is 5.77. The summed E-state index contributed by atoms with van der Waals surface area (Å²) in [6, 6.07) is 14.9. The molecule has 1 heterocycles. The molecule has 26 heavy (non-hydrogen) atoms. The number of nitrogens with zero attached hydrogens (tertiary/aromatic N) is 1. The average Bonchev–Trinajstić information content (AvgIpc) is 2.67. The first-order chi connectivity index (χ1) is 12.6. The maximum Gasteiger partial charge on any atom is 0.222 e. The van der Waals surface area contributed by atoms with E-state index in [0.29, 0.717) is 6.42 Å². The summed E-state index contributed by atoms with van der Waals surface area (Å²) < 4.78 is 0. The van der Waals surface area contributed by atoms with Gasteiger partial charge in [-0.2, -0.15) is 0 Å². The molecular formula is C23H28N2O. The largest absolute Gasteiger partial charge is 0.340 e. The maximum absolute atomic E-state index is 12.3. The number of rotatable bonds is 5. The van der Waals surface area contributed by atoms with Crippen LogP contribution in [0.4, 0.5) is 0 Å². The first-order valence-electron chi connectivity index (χ1n) is 9.45. The number of carbonyl (C=O) groups excluding carboxylic acids is 1. The van der Waals surface area contributed by atoms with Gasteiger partial charge in [0, 0.05) is 32.6 Å². The van der Waals surface area contributed by atoms with Gasteiger partial charge in [-0.3, -0.25) is 4.79 Å². The lowest BCUT2D eigenvalue weighted by atomic mass is 10.0. The summed E-state index contributed by atoms with van der Waals surface area (Å²) in [4.78, 5) is 14.3. The zero-order chi connectivity index (χ0) is 18.4. The van der Waals surface area contributed by atoms with Gasteiger partial charge in [0.15, 0.2) is 0 Å². The summed E-state index contributed by atoms with van der Waals surface area (Å²) in [6.45, 7) is 7.76. The van der Waals surface area contributed by atoms with Gasteiger partial charge in [0.1, 0.15) is 0 Å². The van der Waals surface area contributed by atoms with E-state index < -0.39 is 0 Å². The lowest BCUT2D eigenvalue weighted by Gasteiger charge is -2.27. The van der Waals surface area contributed by atoms with Crippen LogP contribution in [0.5, 0.6) is 0 Å². The molecule has 3 nitrogen and oxygen atoms in total. The summed E-state index contributed by atoms with van der Waals surface area (Å²) in [5.74, 6) is 0.267. The first-order valence-corrected chi connectivity index (χ1v) is 9.45. The number of nitrogens with one attached hydrogen (secondary N) is 1. The SMILES string of the molecule is Cc1cccc(C)c1/C=C/c1cccc(CCC(=O)N2CCNCC2)c1. The van der Waals surface area contributed by atoms with Gasteiger partial charge in [0.05, 0.1) is 0 Å². The summed E-state index contributed by atoms with van der Waals surface area (Å²) in [7, 11) is 0. The zero-order valence-electron chi connectivity index (χ0n) is 15.8. The first kappa shape index (κ1) is 18.4. The van der Waals surface area contributed by atoms with Crippen LogP contribution in [-0.2, 0) is 11.2 Å². The highest BCUT2D eigenvalue weighted by Gasteiger charge is 2.15. The van der Waals surface area contributed by atoms with Crippen LogP contribution in [0.15, 0.2) is 42.5 Å². The molecule has 2 aromatic rings. The van der Waals surface area contributed by atoms with E-state index in [0.717, 1.165) is 32.6 Å². The van der Waals surface area contributed by atoms with Crippen LogP contribution in [0, 0.1) is 13.8 Å². The molecule has 0 bridgehead atoms. The number of amides is 1. The van der Waals surface area contributed by atoms with Crippen molar-refractivity contribution in [2.75, 3.05) is 26.2 Å². The van der Waals surface area contributed by atoms with Crippen LogP contribution in [0.3, 0.4) is 0 Å². The highest BCUT2D eigenvalue weighted by Crippen LogP contribution is 2.18. The molecule has 0 aromatic heterocycles. The molecule has 1 saturated heterocycles. The van der Waals surface area contributed by atoms with Crippen molar-refractivity contribution in [3.05, 3.63) is 70.3 Å². The van der Waals surface area contributed by atoms with Crippen molar-refractivity contribution in [1.29, 1.82) is 0 Å². The predicted molar refractivity (Wildman–Crippen MR) is 109 cm³/mol. The third-order valence-electron chi connectivity index (χ3n) is 5.03. The van der Waals surface area contributed by atoms with Gasteiger partial charge >= 0.3 is 0 Å². The number of piperazine rings is 1. The van der Waals surface area contributed by atoms with Crippen molar-refractivity contribution < 1.29 is 4.79 Å². The molecule has 1 amide bonds. The van der Waals surface area contributed by atoms with Crippen molar-refractivity contribution in [2.24, 2.45) is 0 Å². The minimum atomic E-state index is 0.267.